The van der Waals surface area contributed by atoms with Gasteiger partial charge in [0.25, 0.3) is 0 Å². The Morgan fingerprint density at radius 3 is 2.67 bits per heavy atom. The highest BCUT2D eigenvalue weighted by Gasteiger charge is 2.07. The molecule has 2 N–H and O–H groups in total. The van der Waals surface area contributed by atoms with Crippen LogP contribution in [0.3, 0.4) is 0 Å². The molecule has 5 nitrogen and oxygen atoms in total. The summed E-state index contributed by atoms with van der Waals surface area (Å²) in [5.74, 6) is -1.33. The van der Waals surface area contributed by atoms with E-state index >= 15 is 0 Å². The van der Waals surface area contributed by atoms with Gasteiger partial charge in [-0.1, -0.05) is 12.5 Å². The third-order valence-electron chi connectivity index (χ3n) is 2.97. The predicted molar refractivity (Wildman–Crippen MR) is 75.8 cm³/mol. The van der Waals surface area contributed by atoms with Crippen molar-refractivity contribution >= 4 is 11.9 Å². The first-order valence-electron chi connectivity index (χ1n) is 6.84. The zero-order valence-corrected chi connectivity index (χ0v) is 12.0. The van der Waals surface area contributed by atoms with Gasteiger partial charge in [0.15, 0.2) is 11.6 Å². The van der Waals surface area contributed by atoms with Crippen LogP contribution in [-0.4, -0.2) is 30.6 Å². The number of benzene rings is 1. The Labute approximate surface area is 123 Å². The minimum absolute atomic E-state index is 0.107. The van der Waals surface area contributed by atoms with Crippen molar-refractivity contribution in [2.75, 3.05) is 13.7 Å². The number of hydrogen-bond acceptors (Lipinski definition) is 3. The van der Waals surface area contributed by atoms with Gasteiger partial charge < -0.3 is 15.2 Å². The van der Waals surface area contributed by atoms with Gasteiger partial charge >= 0.3 is 5.97 Å². The first-order chi connectivity index (χ1) is 10.0. The molecule has 0 spiro atoms. The zero-order valence-electron chi connectivity index (χ0n) is 12.0. The van der Waals surface area contributed by atoms with Gasteiger partial charge in [0.2, 0.25) is 5.91 Å². The summed E-state index contributed by atoms with van der Waals surface area (Å²) in [7, 11) is 1.38. The lowest BCUT2D eigenvalue weighted by atomic mass is 10.1. The molecule has 0 unspecified atom stereocenters. The Balaban J connectivity index is 2.24. The highest BCUT2D eigenvalue weighted by molar-refractivity contribution is 5.78. The molecular formula is C15H20FNO4. The van der Waals surface area contributed by atoms with Crippen LogP contribution in [0.15, 0.2) is 18.2 Å². The van der Waals surface area contributed by atoms with Gasteiger partial charge in [0.05, 0.1) is 13.5 Å². The molecule has 1 rings (SSSR count). The fourth-order valence-electron chi connectivity index (χ4n) is 1.87. The van der Waals surface area contributed by atoms with E-state index in [4.69, 9.17) is 9.84 Å². The number of nitrogens with one attached hydrogen (secondary N) is 1. The Bertz CT molecular complexity index is 491. The summed E-state index contributed by atoms with van der Waals surface area (Å²) in [6.45, 7) is 0.497. The van der Waals surface area contributed by atoms with E-state index in [9.17, 15) is 14.0 Å². The largest absolute Gasteiger partial charge is 0.494 e. The second kappa shape index (κ2) is 8.94. The fourth-order valence-corrected chi connectivity index (χ4v) is 1.87. The molecule has 1 amide bonds. The number of carbonyl (C=O) groups is 2. The van der Waals surface area contributed by atoms with Crippen molar-refractivity contribution in [2.45, 2.75) is 32.1 Å². The van der Waals surface area contributed by atoms with Crippen molar-refractivity contribution in [1.82, 2.24) is 5.32 Å². The van der Waals surface area contributed by atoms with Crippen LogP contribution in [-0.2, 0) is 16.0 Å². The maximum absolute atomic E-state index is 13.5. The normalized spacial score (nSPS) is 10.2. The smallest absolute Gasteiger partial charge is 0.303 e. The first-order valence-corrected chi connectivity index (χ1v) is 6.84. The van der Waals surface area contributed by atoms with Gasteiger partial charge in [0.1, 0.15) is 0 Å². The number of halogens is 1. The number of carboxylic acid groups (broad SMARTS) is 1. The van der Waals surface area contributed by atoms with Crippen LogP contribution in [0.2, 0.25) is 0 Å². The van der Waals surface area contributed by atoms with Gasteiger partial charge in [-0.25, -0.2) is 4.39 Å². The van der Waals surface area contributed by atoms with Gasteiger partial charge in [0, 0.05) is 13.0 Å². The SMILES string of the molecule is COc1ccc(CC(=O)NCCCCCC(=O)O)cc1F. The fraction of sp³-hybridized carbons (Fsp3) is 0.467. The number of methoxy groups -OCH3 is 1. The third-order valence-corrected chi connectivity index (χ3v) is 2.97. The van der Waals surface area contributed by atoms with Crippen molar-refractivity contribution in [3.8, 4) is 5.75 Å². The molecule has 1 aromatic carbocycles. The number of aliphatic carboxylic acids is 1. The van der Waals surface area contributed by atoms with Gasteiger partial charge in [-0.2, -0.15) is 0 Å². The van der Waals surface area contributed by atoms with E-state index < -0.39 is 11.8 Å². The minimum atomic E-state index is -0.805. The molecule has 0 radical (unpaired) electrons. The van der Waals surface area contributed by atoms with Crippen molar-refractivity contribution < 1.29 is 23.8 Å². The number of hydrogen-bond donors (Lipinski definition) is 2. The van der Waals surface area contributed by atoms with E-state index in [1.807, 2.05) is 0 Å². The second-order valence-corrected chi connectivity index (χ2v) is 4.70. The summed E-state index contributed by atoms with van der Waals surface area (Å²) in [6.07, 6.45) is 2.35. The Morgan fingerprint density at radius 1 is 1.29 bits per heavy atom. The second-order valence-electron chi connectivity index (χ2n) is 4.70. The predicted octanol–water partition coefficient (Wildman–Crippen LogP) is 2.14. The quantitative estimate of drug-likeness (QED) is 0.685. The van der Waals surface area contributed by atoms with E-state index in [0.29, 0.717) is 18.5 Å². The van der Waals surface area contributed by atoms with Crippen LogP contribution in [0.5, 0.6) is 5.75 Å². The topological polar surface area (TPSA) is 75.6 Å². The molecule has 6 heteroatoms. The molecule has 21 heavy (non-hydrogen) atoms. The summed E-state index contributed by atoms with van der Waals surface area (Å²) in [5.41, 5.74) is 0.580. The standard InChI is InChI=1S/C15H20FNO4/c1-21-13-7-6-11(9-12(13)16)10-14(18)17-8-4-2-3-5-15(19)20/h6-7,9H,2-5,8,10H2,1H3,(H,17,18)(H,19,20). The minimum Gasteiger partial charge on any atom is -0.494 e. The summed E-state index contributed by atoms with van der Waals surface area (Å²) >= 11 is 0. The lowest BCUT2D eigenvalue weighted by Gasteiger charge is -2.07. The van der Waals surface area contributed by atoms with Crippen molar-refractivity contribution in [3.05, 3.63) is 29.6 Å². The third kappa shape index (κ3) is 6.74. The van der Waals surface area contributed by atoms with E-state index in [1.54, 1.807) is 6.07 Å². The van der Waals surface area contributed by atoms with E-state index in [0.717, 1.165) is 12.8 Å². The monoisotopic (exact) mass is 297 g/mol. The highest BCUT2D eigenvalue weighted by atomic mass is 19.1. The van der Waals surface area contributed by atoms with Crippen molar-refractivity contribution in [1.29, 1.82) is 0 Å². The number of carbonyl (C=O) groups excluding carboxylic acids is 1. The van der Waals surface area contributed by atoms with E-state index in [2.05, 4.69) is 5.32 Å². The van der Waals surface area contributed by atoms with Gasteiger partial charge in [-0.05, 0) is 30.5 Å². The number of carboxylic acids is 1. The van der Waals surface area contributed by atoms with Crippen LogP contribution in [0.25, 0.3) is 0 Å². The maximum Gasteiger partial charge on any atom is 0.303 e. The average molecular weight is 297 g/mol. The van der Waals surface area contributed by atoms with Crippen LogP contribution < -0.4 is 10.1 Å². The van der Waals surface area contributed by atoms with Crippen LogP contribution >= 0.6 is 0 Å². The van der Waals surface area contributed by atoms with E-state index in [1.165, 1.54) is 19.2 Å². The Hall–Kier alpha value is -2.11. The molecule has 0 aliphatic heterocycles. The number of rotatable bonds is 9. The van der Waals surface area contributed by atoms with Gasteiger partial charge in [-0.15, -0.1) is 0 Å². The summed E-state index contributed by atoms with van der Waals surface area (Å²) in [5, 5.41) is 11.2. The van der Waals surface area contributed by atoms with Crippen LogP contribution in [0.1, 0.15) is 31.2 Å². The molecule has 0 bridgehead atoms. The van der Waals surface area contributed by atoms with Crippen molar-refractivity contribution in [3.63, 3.8) is 0 Å². The molecule has 0 heterocycles. The molecule has 0 fully saturated rings. The van der Waals surface area contributed by atoms with Crippen molar-refractivity contribution in [2.24, 2.45) is 0 Å². The molecule has 116 valence electrons. The number of ether oxygens (including phenoxy) is 1. The summed E-state index contributed by atoms with van der Waals surface area (Å²) < 4.78 is 18.3. The number of amides is 1. The first kappa shape index (κ1) is 16.9. The average Bonchev–Trinajstić information content (AvgIpc) is 2.42. The number of unbranched alkanes of at least 4 members (excludes halogenated alkanes) is 2. The molecule has 0 atom stereocenters. The Kier molecular flexibility index (Phi) is 7.21. The molecule has 0 aliphatic carbocycles. The summed E-state index contributed by atoms with van der Waals surface area (Å²) in [6, 6.07) is 4.42. The lowest BCUT2D eigenvalue weighted by Crippen LogP contribution is -2.26. The van der Waals surface area contributed by atoms with Crippen LogP contribution in [0, 0.1) is 5.82 Å². The lowest BCUT2D eigenvalue weighted by molar-refractivity contribution is -0.137. The van der Waals surface area contributed by atoms with Crippen LogP contribution in [0.4, 0.5) is 4.39 Å². The molecule has 0 aromatic heterocycles. The molecular weight excluding hydrogens is 277 g/mol. The molecule has 0 aliphatic rings. The summed E-state index contributed by atoms with van der Waals surface area (Å²) in [4.78, 5) is 22.0. The highest BCUT2D eigenvalue weighted by Crippen LogP contribution is 2.17. The van der Waals surface area contributed by atoms with E-state index in [-0.39, 0.29) is 24.5 Å². The molecule has 1 aromatic rings. The zero-order chi connectivity index (χ0) is 15.7. The molecule has 0 saturated heterocycles. The molecule has 0 saturated carbocycles. The Morgan fingerprint density at radius 2 is 2.05 bits per heavy atom. The van der Waals surface area contributed by atoms with Gasteiger partial charge in [-0.3, -0.25) is 9.59 Å². The maximum atomic E-state index is 13.5.